The molecule has 26 heavy (non-hydrogen) atoms. The van der Waals surface area contributed by atoms with E-state index in [0.717, 1.165) is 12.1 Å². The number of aromatic hydroxyl groups is 1. The molecule has 0 aliphatic rings. The normalized spacial score (nSPS) is 11.2. The number of benzene rings is 2. The molecule has 2 aromatic rings. The summed E-state index contributed by atoms with van der Waals surface area (Å²) in [6.07, 6.45) is -0.237. The van der Waals surface area contributed by atoms with Gasteiger partial charge < -0.3 is 10.4 Å². The Kier molecular flexibility index (Phi) is 6.24. The molecule has 2 rings (SSSR count). The molecule has 0 aliphatic carbocycles. The summed E-state index contributed by atoms with van der Waals surface area (Å²) in [4.78, 5) is 23.8. The van der Waals surface area contributed by atoms with Crippen LogP contribution in [-0.4, -0.2) is 22.6 Å². The van der Waals surface area contributed by atoms with Gasteiger partial charge in [0.05, 0.1) is 17.7 Å². The van der Waals surface area contributed by atoms with Gasteiger partial charge in [-0.15, -0.1) is 0 Å². The van der Waals surface area contributed by atoms with Crippen LogP contribution in [0.2, 0.25) is 5.02 Å². The number of hydrazone groups is 1. The van der Waals surface area contributed by atoms with Crippen LogP contribution in [0.5, 0.6) is 5.75 Å². The van der Waals surface area contributed by atoms with Crippen molar-refractivity contribution < 1.29 is 23.5 Å². The van der Waals surface area contributed by atoms with Crippen LogP contribution in [0.25, 0.3) is 0 Å². The average molecular weight is 382 g/mol. The predicted octanol–water partition coefficient (Wildman–Crippen LogP) is 3.46. The quantitative estimate of drug-likeness (QED) is 0.547. The van der Waals surface area contributed by atoms with E-state index in [1.807, 2.05) is 0 Å². The van der Waals surface area contributed by atoms with Crippen LogP contribution < -0.4 is 10.7 Å². The van der Waals surface area contributed by atoms with Gasteiger partial charge in [0.15, 0.2) is 0 Å². The molecule has 136 valence electrons. The zero-order valence-electron chi connectivity index (χ0n) is 13.5. The molecule has 0 radical (unpaired) electrons. The molecule has 0 saturated carbocycles. The number of amides is 2. The van der Waals surface area contributed by atoms with Gasteiger partial charge in [-0.2, -0.15) is 5.10 Å². The second-order valence-corrected chi connectivity index (χ2v) is 5.74. The summed E-state index contributed by atoms with van der Waals surface area (Å²) in [5.41, 5.74) is 2.16. The van der Waals surface area contributed by atoms with Crippen molar-refractivity contribution in [3.63, 3.8) is 0 Å². The molecule has 3 N–H and O–H groups in total. The fourth-order valence-electron chi connectivity index (χ4n) is 1.95. The summed E-state index contributed by atoms with van der Waals surface area (Å²) < 4.78 is 26.3. The third kappa shape index (κ3) is 5.25. The Hall–Kier alpha value is -3.00. The lowest BCUT2D eigenvalue weighted by Gasteiger charge is -2.07. The Balaban J connectivity index is 1.96. The summed E-state index contributed by atoms with van der Waals surface area (Å²) >= 11 is 5.76. The lowest BCUT2D eigenvalue weighted by Crippen LogP contribution is -2.21. The highest BCUT2D eigenvalue weighted by Gasteiger charge is 2.12. The van der Waals surface area contributed by atoms with Gasteiger partial charge in [0, 0.05) is 16.8 Å². The van der Waals surface area contributed by atoms with Gasteiger partial charge in [-0.1, -0.05) is 11.6 Å². The second-order valence-electron chi connectivity index (χ2n) is 5.30. The molecule has 0 saturated heterocycles. The zero-order valence-corrected chi connectivity index (χ0v) is 14.3. The van der Waals surface area contributed by atoms with Gasteiger partial charge in [0.1, 0.15) is 17.4 Å². The third-order valence-electron chi connectivity index (χ3n) is 3.17. The fourth-order valence-corrected chi connectivity index (χ4v) is 2.13. The largest absolute Gasteiger partial charge is 0.507 e. The summed E-state index contributed by atoms with van der Waals surface area (Å²) in [6, 6.07) is 6.70. The van der Waals surface area contributed by atoms with E-state index in [1.54, 1.807) is 0 Å². The molecule has 9 heteroatoms. The summed E-state index contributed by atoms with van der Waals surface area (Å²) in [5, 5.41) is 15.9. The summed E-state index contributed by atoms with van der Waals surface area (Å²) in [5.74, 6) is -3.25. The average Bonchev–Trinajstić information content (AvgIpc) is 2.57. The summed E-state index contributed by atoms with van der Waals surface area (Å²) in [6.45, 7) is 1.47. The minimum Gasteiger partial charge on any atom is -0.507 e. The molecule has 0 spiro atoms. The molecule has 2 amide bonds. The molecule has 0 heterocycles. The Morgan fingerprint density at radius 2 is 1.92 bits per heavy atom. The first-order chi connectivity index (χ1) is 12.3. The van der Waals surface area contributed by atoms with Crippen LogP contribution in [0, 0.1) is 11.6 Å². The van der Waals surface area contributed by atoms with E-state index in [9.17, 15) is 23.5 Å². The van der Waals surface area contributed by atoms with Crippen molar-refractivity contribution in [3.8, 4) is 5.75 Å². The predicted molar refractivity (Wildman–Crippen MR) is 93.3 cm³/mol. The molecular formula is C17H14ClF2N3O3. The lowest BCUT2D eigenvalue weighted by molar-refractivity contribution is -0.115. The van der Waals surface area contributed by atoms with Gasteiger partial charge >= 0.3 is 0 Å². The number of carbonyl (C=O) groups excluding carboxylic acids is 2. The Morgan fingerprint density at radius 1 is 1.19 bits per heavy atom. The maximum Gasteiger partial charge on any atom is 0.275 e. The molecule has 0 aromatic heterocycles. The van der Waals surface area contributed by atoms with Crippen LogP contribution in [0.3, 0.4) is 0 Å². The molecular weight excluding hydrogens is 368 g/mol. The number of hydrogen-bond donors (Lipinski definition) is 3. The number of rotatable bonds is 5. The monoisotopic (exact) mass is 381 g/mol. The highest BCUT2D eigenvalue weighted by atomic mass is 35.5. The topological polar surface area (TPSA) is 90.8 Å². The maximum atomic E-state index is 13.5. The number of carbonyl (C=O) groups is 2. The van der Waals surface area contributed by atoms with Crippen molar-refractivity contribution in [2.75, 3.05) is 5.32 Å². The number of anilines is 1. The first-order valence-electron chi connectivity index (χ1n) is 7.33. The van der Waals surface area contributed by atoms with E-state index in [0.29, 0.717) is 6.07 Å². The molecule has 0 atom stereocenters. The fraction of sp³-hybridized carbons (Fsp3) is 0.118. The van der Waals surface area contributed by atoms with Crippen LogP contribution in [0.1, 0.15) is 23.7 Å². The van der Waals surface area contributed by atoms with Gasteiger partial charge in [-0.25, -0.2) is 14.2 Å². The van der Waals surface area contributed by atoms with E-state index in [2.05, 4.69) is 15.8 Å². The Bertz CT molecular complexity index is 888. The maximum absolute atomic E-state index is 13.5. The smallest absolute Gasteiger partial charge is 0.275 e. The van der Waals surface area contributed by atoms with Crippen molar-refractivity contribution in [1.82, 2.24) is 5.43 Å². The number of nitrogens with zero attached hydrogens (tertiary/aromatic N) is 1. The third-order valence-corrected chi connectivity index (χ3v) is 3.41. The second kappa shape index (κ2) is 8.39. The van der Waals surface area contributed by atoms with Crippen molar-refractivity contribution >= 4 is 34.8 Å². The highest BCUT2D eigenvalue weighted by Crippen LogP contribution is 2.21. The van der Waals surface area contributed by atoms with Crippen LogP contribution in [-0.2, 0) is 4.79 Å². The van der Waals surface area contributed by atoms with Crippen molar-refractivity contribution in [3.05, 3.63) is 58.6 Å². The van der Waals surface area contributed by atoms with Gasteiger partial charge in [0.25, 0.3) is 5.91 Å². The van der Waals surface area contributed by atoms with Gasteiger partial charge in [-0.3, -0.25) is 9.59 Å². The van der Waals surface area contributed by atoms with E-state index in [4.69, 9.17) is 11.6 Å². The van der Waals surface area contributed by atoms with E-state index >= 15 is 0 Å². The van der Waals surface area contributed by atoms with Crippen LogP contribution in [0.15, 0.2) is 41.5 Å². The van der Waals surface area contributed by atoms with Gasteiger partial charge in [0.2, 0.25) is 5.91 Å². The minimum absolute atomic E-state index is 0.0770. The SMILES string of the molecule is CC(CC(=O)Nc1ccc(F)cc1F)=NNC(=O)c1cc(Cl)ccc1O. The molecule has 6 nitrogen and oxygen atoms in total. The van der Waals surface area contributed by atoms with Crippen molar-refractivity contribution in [2.45, 2.75) is 13.3 Å². The first kappa shape index (κ1) is 19.3. The zero-order chi connectivity index (χ0) is 19.3. The molecule has 0 aliphatic heterocycles. The molecule has 0 fully saturated rings. The van der Waals surface area contributed by atoms with Gasteiger partial charge in [-0.05, 0) is 37.3 Å². The molecule has 2 aromatic carbocycles. The van der Waals surface area contributed by atoms with Crippen molar-refractivity contribution in [1.29, 1.82) is 0 Å². The molecule has 0 unspecified atom stereocenters. The first-order valence-corrected chi connectivity index (χ1v) is 7.71. The summed E-state index contributed by atoms with van der Waals surface area (Å²) in [7, 11) is 0. The molecule has 0 bridgehead atoms. The minimum atomic E-state index is -0.905. The number of phenols is 1. The van der Waals surface area contributed by atoms with E-state index < -0.39 is 23.4 Å². The van der Waals surface area contributed by atoms with Crippen molar-refractivity contribution in [2.24, 2.45) is 5.10 Å². The number of nitrogens with one attached hydrogen (secondary N) is 2. The van der Waals surface area contributed by atoms with Crippen LogP contribution >= 0.6 is 11.6 Å². The highest BCUT2D eigenvalue weighted by molar-refractivity contribution is 6.31. The Labute approximate surface area is 152 Å². The standard InChI is InChI=1S/C17H14ClF2N3O3/c1-9(6-16(25)21-14-4-3-11(19)8-13(14)20)22-23-17(26)12-7-10(18)2-5-15(12)24/h2-5,7-8,24H,6H2,1H3,(H,21,25)(H,23,26). The van der Waals surface area contributed by atoms with E-state index in [-0.39, 0.29) is 34.2 Å². The Morgan fingerprint density at radius 3 is 2.62 bits per heavy atom. The van der Waals surface area contributed by atoms with Crippen LogP contribution in [0.4, 0.5) is 14.5 Å². The number of halogens is 3. The lowest BCUT2D eigenvalue weighted by atomic mass is 10.2. The number of hydrogen-bond acceptors (Lipinski definition) is 4. The van der Waals surface area contributed by atoms with E-state index in [1.165, 1.54) is 25.1 Å². The number of phenolic OH excluding ortho intramolecular Hbond substituents is 1.